The number of benzene rings is 1. The van der Waals surface area contributed by atoms with E-state index in [0.717, 1.165) is 12.8 Å². The van der Waals surface area contributed by atoms with E-state index in [1.165, 1.54) is 6.92 Å². The van der Waals surface area contributed by atoms with Crippen LogP contribution in [0.15, 0.2) is 18.2 Å². The van der Waals surface area contributed by atoms with E-state index in [-0.39, 0.29) is 48.3 Å². The van der Waals surface area contributed by atoms with Gasteiger partial charge in [0.05, 0.1) is 17.7 Å². The topological polar surface area (TPSA) is 88.2 Å². The van der Waals surface area contributed by atoms with Crippen LogP contribution in [0.5, 0.6) is 5.75 Å². The molecule has 8 heteroatoms. The normalized spacial score (nSPS) is 25.1. The molecule has 1 aliphatic heterocycles. The maximum Gasteiger partial charge on any atom is 0.257 e. The van der Waals surface area contributed by atoms with Crippen LogP contribution in [0.1, 0.15) is 44.0 Å². The SMILES string of the molecule is CO[C@H]1CN(C)C(=O)c2ccc(NC(C)=O)cc2OC[C@@H](C)N(C(=O)C2CC2)C[C@H]1C. The van der Waals surface area contributed by atoms with Crippen LogP contribution >= 0.6 is 0 Å². The molecule has 1 aliphatic carbocycles. The average Bonchev–Trinajstić information content (AvgIpc) is 3.57. The summed E-state index contributed by atoms with van der Waals surface area (Å²) in [4.78, 5) is 41.1. The van der Waals surface area contributed by atoms with Gasteiger partial charge in [0.15, 0.2) is 0 Å². The fraction of sp³-hybridized carbons (Fsp3) is 0.609. The van der Waals surface area contributed by atoms with Crippen LogP contribution in [0, 0.1) is 11.8 Å². The smallest absolute Gasteiger partial charge is 0.257 e. The predicted octanol–water partition coefficient (Wildman–Crippen LogP) is 2.39. The summed E-state index contributed by atoms with van der Waals surface area (Å²) in [5.74, 6) is 0.307. The number of nitrogens with zero attached hydrogens (tertiary/aromatic N) is 2. The van der Waals surface area contributed by atoms with Gasteiger partial charge in [-0.25, -0.2) is 0 Å². The van der Waals surface area contributed by atoms with Crippen molar-refractivity contribution in [3.8, 4) is 5.75 Å². The second kappa shape index (κ2) is 9.68. The van der Waals surface area contributed by atoms with E-state index in [1.54, 1.807) is 37.3 Å². The number of methoxy groups -OCH3 is 1. The van der Waals surface area contributed by atoms with Crippen molar-refractivity contribution in [2.75, 3.05) is 39.2 Å². The van der Waals surface area contributed by atoms with Crippen LogP contribution in [0.4, 0.5) is 5.69 Å². The highest BCUT2D eigenvalue weighted by atomic mass is 16.5. The highest BCUT2D eigenvalue weighted by molar-refractivity contribution is 5.98. The Kier molecular flexibility index (Phi) is 7.20. The van der Waals surface area contributed by atoms with Gasteiger partial charge in [-0.3, -0.25) is 14.4 Å². The van der Waals surface area contributed by atoms with Crippen LogP contribution in [-0.4, -0.2) is 73.5 Å². The molecule has 1 saturated carbocycles. The molecule has 3 amide bonds. The zero-order valence-electron chi connectivity index (χ0n) is 19.0. The largest absolute Gasteiger partial charge is 0.491 e. The zero-order valence-corrected chi connectivity index (χ0v) is 19.0. The third-order valence-electron chi connectivity index (χ3n) is 5.98. The Morgan fingerprint density at radius 1 is 1.19 bits per heavy atom. The average molecular weight is 432 g/mol. The van der Waals surface area contributed by atoms with E-state index in [2.05, 4.69) is 5.32 Å². The molecule has 170 valence electrons. The van der Waals surface area contributed by atoms with Crippen molar-refractivity contribution in [1.82, 2.24) is 9.80 Å². The summed E-state index contributed by atoms with van der Waals surface area (Å²) in [5, 5.41) is 2.72. The lowest BCUT2D eigenvalue weighted by molar-refractivity contribution is -0.136. The van der Waals surface area contributed by atoms with E-state index < -0.39 is 0 Å². The Hall–Kier alpha value is -2.61. The first kappa shape index (κ1) is 23.1. The van der Waals surface area contributed by atoms with Gasteiger partial charge in [-0.2, -0.15) is 0 Å². The highest BCUT2D eigenvalue weighted by Crippen LogP contribution is 2.33. The molecular formula is C23H33N3O5. The minimum absolute atomic E-state index is 0.0476. The van der Waals surface area contributed by atoms with E-state index >= 15 is 0 Å². The van der Waals surface area contributed by atoms with E-state index in [9.17, 15) is 14.4 Å². The Balaban J connectivity index is 1.95. The number of nitrogens with one attached hydrogen (secondary N) is 1. The molecule has 1 aromatic carbocycles. The molecule has 3 rings (SSSR count). The number of likely N-dealkylation sites (N-methyl/N-ethyl adjacent to an activating group) is 1. The molecular weight excluding hydrogens is 398 g/mol. The van der Waals surface area contributed by atoms with E-state index in [0.29, 0.717) is 30.1 Å². The van der Waals surface area contributed by atoms with Crippen molar-refractivity contribution in [2.45, 2.75) is 45.8 Å². The van der Waals surface area contributed by atoms with Crippen molar-refractivity contribution >= 4 is 23.4 Å². The minimum atomic E-state index is -0.210. The second-order valence-electron chi connectivity index (χ2n) is 8.75. The molecule has 0 aromatic heterocycles. The summed E-state index contributed by atoms with van der Waals surface area (Å²) >= 11 is 0. The number of carbonyl (C=O) groups excluding carboxylic acids is 3. The van der Waals surface area contributed by atoms with Gasteiger partial charge < -0.3 is 24.6 Å². The molecule has 8 nitrogen and oxygen atoms in total. The maximum atomic E-state index is 13.1. The number of carbonyl (C=O) groups is 3. The van der Waals surface area contributed by atoms with Crippen molar-refractivity contribution in [1.29, 1.82) is 0 Å². The molecule has 0 radical (unpaired) electrons. The van der Waals surface area contributed by atoms with Gasteiger partial charge in [0.1, 0.15) is 12.4 Å². The lowest BCUT2D eigenvalue weighted by Crippen LogP contribution is -2.49. The van der Waals surface area contributed by atoms with Gasteiger partial charge >= 0.3 is 0 Å². The summed E-state index contributed by atoms with van der Waals surface area (Å²) in [6.45, 7) is 6.62. The number of ether oxygens (including phenoxy) is 2. The fourth-order valence-corrected chi connectivity index (χ4v) is 3.92. The summed E-state index contributed by atoms with van der Waals surface area (Å²) in [6, 6.07) is 4.83. The molecule has 1 fully saturated rings. The monoisotopic (exact) mass is 431 g/mol. The number of amides is 3. The van der Waals surface area contributed by atoms with Crippen LogP contribution < -0.4 is 10.1 Å². The van der Waals surface area contributed by atoms with E-state index in [1.807, 2.05) is 18.7 Å². The van der Waals surface area contributed by atoms with Gasteiger partial charge in [0.2, 0.25) is 11.8 Å². The number of hydrogen-bond donors (Lipinski definition) is 1. The minimum Gasteiger partial charge on any atom is -0.491 e. The molecule has 1 aromatic rings. The molecule has 0 unspecified atom stereocenters. The Morgan fingerprint density at radius 2 is 1.90 bits per heavy atom. The number of anilines is 1. The second-order valence-corrected chi connectivity index (χ2v) is 8.75. The summed E-state index contributed by atoms with van der Waals surface area (Å²) in [5.41, 5.74) is 0.961. The van der Waals surface area contributed by atoms with Crippen molar-refractivity contribution in [3.05, 3.63) is 23.8 Å². The lowest BCUT2D eigenvalue weighted by Gasteiger charge is -2.36. The first-order chi connectivity index (χ1) is 14.7. The molecule has 0 saturated heterocycles. The Morgan fingerprint density at radius 3 is 2.52 bits per heavy atom. The summed E-state index contributed by atoms with van der Waals surface area (Å²) in [6.07, 6.45) is 1.66. The molecule has 3 atom stereocenters. The Labute approximate surface area is 183 Å². The summed E-state index contributed by atoms with van der Waals surface area (Å²) < 4.78 is 11.8. The van der Waals surface area contributed by atoms with E-state index in [4.69, 9.17) is 9.47 Å². The van der Waals surface area contributed by atoms with Gasteiger partial charge in [0, 0.05) is 57.8 Å². The van der Waals surface area contributed by atoms with Gasteiger partial charge in [0.25, 0.3) is 5.91 Å². The van der Waals surface area contributed by atoms with Crippen molar-refractivity contribution in [3.63, 3.8) is 0 Å². The molecule has 0 bridgehead atoms. The molecule has 1 heterocycles. The molecule has 31 heavy (non-hydrogen) atoms. The van der Waals surface area contributed by atoms with Gasteiger partial charge in [-0.05, 0) is 31.9 Å². The lowest BCUT2D eigenvalue weighted by atomic mass is 10.0. The van der Waals surface area contributed by atoms with Crippen LogP contribution in [0.25, 0.3) is 0 Å². The first-order valence-corrected chi connectivity index (χ1v) is 10.8. The summed E-state index contributed by atoms with van der Waals surface area (Å²) in [7, 11) is 3.37. The number of hydrogen-bond acceptors (Lipinski definition) is 5. The van der Waals surface area contributed by atoms with Crippen LogP contribution in [0.2, 0.25) is 0 Å². The molecule has 2 aliphatic rings. The van der Waals surface area contributed by atoms with Gasteiger partial charge in [-0.15, -0.1) is 0 Å². The first-order valence-electron chi connectivity index (χ1n) is 10.8. The van der Waals surface area contributed by atoms with Crippen LogP contribution in [0.3, 0.4) is 0 Å². The van der Waals surface area contributed by atoms with Crippen molar-refractivity contribution in [2.24, 2.45) is 11.8 Å². The molecule has 0 spiro atoms. The fourth-order valence-electron chi connectivity index (χ4n) is 3.92. The number of fused-ring (bicyclic) bond motifs is 1. The quantitative estimate of drug-likeness (QED) is 0.794. The molecule has 1 N–H and O–H groups in total. The predicted molar refractivity (Wildman–Crippen MR) is 117 cm³/mol. The third-order valence-corrected chi connectivity index (χ3v) is 5.98. The third kappa shape index (κ3) is 5.55. The van der Waals surface area contributed by atoms with Crippen molar-refractivity contribution < 1.29 is 23.9 Å². The zero-order chi connectivity index (χ0) is 22.7. The Bertz CT molecular complexity index is 839. The maximum absolute atomic E-state index is 13.1. The van der Waals surface area contributed by atoms with Crippen LogP contribution in [-0.2, 0) is 14.3 Å². The highest BCUT2D eigenvalue weighted by Gasteiger charge is 2.37. The van der Waals surface area contributed by atoms with Gasteiger partial charge in [-0.1, -0.05) is 6.92 Å². The standard InChI is InChI=1S/C23H33N3O5/c1-14-11-26(22(28)17-6-7-17)15(2)13-31-20-10-18(24-16(3)27)8-9-19(20)23(29)25(4)12-21(14)30-5/h8-10,14-15,17,21H,6-7,11-13H2,1-5H3,(H,24,27)/t14-,15-,21+/m1/s1. The number of rotatable bonds is 3.